The summed E-state index contributed by atoms with van der Waals surface area (Å²) in [5, 5.41) is 18.1. The molecule has 0 unspecified atom stereocenters. The molecule has 78 valence electrons. The van der Waals surface area contributed by atoms with Crippen LogP contribution < -0.4 is 0 Å². The van der Waals surface area contributed by atoms with Gasteiger partial charge in [-0.15, -0.1) is 0 Å². The molecule has 0 saturated carbocycles. The second-order valence-corrected chi connectivity index (χ2v) is 3.54. The number of carbonyl (C=O) groups excluding carboxylic acids is 1. The van der Waals surface area contributed by atoms with Crippen LogP contribution in [0.4, 0.5) is 0 Å². The maximum atomic E-state index is 11.4. The zero-order chi connectivity index (χ0) is 11.4. The van der Waals surface area contributed by atoms with Crippen molar-refractivity contribution in [3.63, 3.8) is 0 Å². The molecule has 0 bridgehead atoms. The number of nitrogens with zero attached hydrogens (tertiary/aromatic N) is 1. The van der Waals surface area contributed by atoms with Crippen molar-refractivity contribution >= 4 is 21.9 Å². The van der Waals surface area contributed by atoms with Crippen LogP contribution in [-0.2, 0) is 4.74 Å². The SMILES string of the molecule is CCOC(=O)c1c(O)cc(C#N)cc1Br. The number of aromatic hydroxyl groups is 1. The van der Waals surface area contributed by atoms with E-state index in [1.807, 2.05) is 6.07 Å². The minimum Gasteiger partial charge on any atom is -0.507 e. The van der Waals surface area contributed by atoms with E-state index in [-0.39, 0.29) is 23.5 Å². The van der Waals surface area contributed by atoms with Crippen LogP contribution in [0.25, 0.3) is 0 Å². The molecule has 1 aromatic carbocycles. The first-order valence-electron chi connectivity index (χ1n) is 4.19. The van der Waals surface area contributed by atoms with Crippen LogP contribution in [0.15, 0.2) is 16.6 Å². The second kappa shape index (κ2) is 4.80. The molecular formula is C10H8BrNO3. The van der Waals surface area contributed by atoms with Crippen LogP contribution in [0.2, 0.25) is 0 Å². The number of benzene rings is 1. The highest BCUT2D eigenvalue weighted by Gasteiger charge is 2.17. The normalized spacial score (nSPS) is 9.40. The number of halogens is 1. The van der Waals surface area contributed by atoms with Crippen LogP contribution in [0, 0.1) is 11.3 Å². The van der Waals surface area contributed by atoms with Crippen molar-refractivity contribution < 1.29 is 14.6 Å². The lowest BCUT2D eigenvalue weighted by Gasteiger charge is -2.06. The number of carbonyl (C=O) groups is 1. The molecule has 0 aliphatic heterocycles. The van der Waals surface area contributed by atoms with Gasteiger partial charge in [-0.1, -0.05) is 0 Å². The summed E-state index contributed by atoms with van der Waals surface area (Å²) in [6.07, 6.45) is 0. The molecule has 0 aliphatic rings. The van der Waals surface area contributed by atoms with Crippen molar-refractivity contribution in [1.82, 2.24) is 0 Å². The van der Waals surface area contributed by atoms with Crippen molar-refractivity contribution in [2.75, 3.05) is 6.61 Å². The van der Waals surface area contributed by atoms with E-state index in [0.717, 1.165) is 0 Å². The molecule has 0 atom stereocenters. The quantitative estimate of drug-likeness (QED) is 0.836. The van der Waals surface area contributed by atoms with E-state index < -0.39 is 5.97 Å². The zero-order valence-electron chi connectivity index (χ0n) is 7.95. The average molecular weight is 270 g/mol. The fraction of sp³-hybridized carbons (Fsp3) is 0.200. The Labute approximate surface area is 95.2 Å². The third-order valence-corrected chi connectivity index (χ3v) is 2.30. The van der Waals surface area contributed by atoms with E-state index in [1.165, 1.54) is 12.1 Å². The van der Waals surface area contributed by atoms with E-state index in [4.69, 9.17) is 10.00 Å². The highest BCUT2D eigenvalue weighted by Crippen LogP contribution is 2.28. The Bertz CT molecular complexity index is 414. The van der Waals surface area contributed by atoms with Crippen LogP contribution in [0.1, 0.15) is 22.8 Å². The van der Waals surface area contributed by atoms with Crippen molar-refractivity contribution in [3.8, 4) is 11.8 Å². The molecule has 0 saturated heterocycles. The van der Waals surface area contributed by atoms with Crippen molar-refractivity contribution in [2.45, 2.75) is 6.92 Å². The largest absolute Gasteiger partial charge is 0.507 e. The molecule has 0 fully saturated rings. The molecule has 5 heteroatoms. The number of hydrogen-bond acceptors (Lipinski definition) is 4. The number of ether oxygens (including phenoxy) is 1. The first kappa shape index (κ1) is 11.5. The average Bonchev–Trinajstić information content (AvgIpc) is 2.16. The Morgan fingerprint density at radius 3 is 2.80 bits per heavy atom. The first-order valence-corrected chi connectivity index (χ1v) is 4.99. The molecule has 4 nitrogen and oxygen atoms in total. The molecule has 1 aromatic rings. The summed E-state index contributed by atoms with van der Waals surface area (Å²) in [6, 6.07) is 4.53. The minimum atomic E-state index is -0.619. The van der Waals surface area contributed by atoms with Gasteiger partial charge in [0.2, 0.25) is 0 Å². The molecule has 1 N–H and O–H groups in total. The molecule has 0 aliphatic carbocycles. The number of esters is 1. The van der Waals surface area contributed by atoms with Gasteiger partial charge < -0.3 is 9.84 Å². The van der Waals surface area contributed by atoms with Gasteiger partial charge in [-0.3, -0.25) is 0 Å². The number of phenolic OH excluding ortho intramolecular Hbond substituents is 1. The third kappa shape index (κ3) is 2.48. The molecule has 0 heterocycles. The monoisotopic (exact) mass is 269 g/mol. The Balaban J connectivity index is 3.21. The summed E-state index contributed by atoms with van der Waals surface area (Å²) in [5.41, 5.74) is 0.309. The van der Waals surface area contributed by atoms with Gasteiger partial charge in [-0.25, -0.2) is 4.79 Å². The van der Waals surface area contributed by atoms with Crippen molar-refractivity contribution in [3.05, 3.63) is 27.7 Å². The van der Waals surface area contributed by atoms with Gasteiger partial charge in [0.15, 0.2) is 0 Å². The summed E-state index contributed by atoms with van der Waals surface area (Å²) in [6.45, 7) is 1.90. The van der Waals surface area contributed by atoms with Crippen molar-refractivity contribution in [1.29, 1.82) is 5.26 Å². The van der Waals surface area contributed by atoms with E-state index in [1.54, 1.807) is 6.92 Å². The fourth-order valence-corrected chi connectivity index (χ4v) is 1.67. The highest BCUT2D eigenvalue weighted by molar-refractivity contribution is 9.10. The summed E-state index contributed by atoms with van der Waals surface area (Å²) >= 11 is 3.10. The zero-order valence-corrected chi connectivity index (χ0v) is 9.54. The maximum absolute atomic E-state index is 11.4. The van der Waals surface area contributed by atoms with Gasteiger partial charge in [-0.05, 0) is 35.0 Å². The summed E-state index contributed by atoms with van der Waals surface area (Å²) in [7, 11) is 0. The standard InChI is InChI=1S/C10H8BrNO3/c1-2-15-10(14)9-7(11)3-6(5-12)4-8(9)13/h3-4,13H,2H2,1H3. The Morgan fingerprint density at radius 1 is 1.67 bits per heavy atom. The molecule has 15 heavy (non-hydrogen) atoms. The lowest BCUT2D eigenvalue weighted by molar-refractivity contribution is 0.0522. The number of hydrogen-bond donors (Lipinski definition) is 1. The van der Waals surface area contributed by atoms with Crippen LogP contribution >= 0.6 is 15.9 Å². The Hall–Kier alpha value is -1.54. The summed E-state index contributed by atoms with van der Waals surface area (Å²) in [5.74, 6) is -0.884. The third-order valence-electron chi connectivity index (χ3n) is 1.68. The molecule has 0 aromatic heterocycles. The van der Waals surface area contributed by atoms with Gasteiger partial charge in [0.05, 0.1) is 18.2 Å². The number of phenols is 1. The summed E-state index contributed by atoms with van der Waals surface area (Å²) in [4.78, 5) is 11.4. The van der Waals surface area contributed by atoms with Crippen molar-refractivity contribution in [2.24, 2.45) is 0 Å². The minimum absolute atomic E-state index is 0.0378. The van der Waals surface area contributed by atoms with E-state index >= 15 is 0 Å². The fourth-order valence-electron chi connectivity index (χ4n) is 1.06. The van der Waals surface area contributed by atoms with Crippen LogP contribution in [0.3, 0.4) is 0 Å². The van der Waals surface area contributed by atoms with Gasteiger partial charge in [0.1, 0.15) is 11.3 Å². The predicted octanol–water partition coefficient (Wildman–Crippen LogP) is 2.20. The molecular weight excluding hydrogens is 262 g/mol. The van der Waals surface area contributed by atoms with Crippen LogP contribution in [-0.4, -0.2) is 17.7 Å². The molecule has 0 radical (unpaired) electrons. The smallest absolute Gasteiger partial charge is 0.343 e. The van der Waals surface area contributed by atoms with Gasteiger partial charge in [0.25, 0.3) is 0 Å². The number of rotatable bonds is 2. The molecule has 0 spiro atoms. The first-order chi connectivity index (χ1) is 7.10. The van der Waals surface area contributed by atoms with E-state index in [2.05, 4.69) is 15.9 Å². The lowest BCUT2D eigenvalue weighted by Crippen LogP contribution is -2.06. The Kier molecular flexibility index (Phi) is 3.69. The maximum Gasteiger partial charge on any atom is 0.343 e. The van der Waals surface area contributed by atoms with Gasteiger partial charge in [0, 0.05) is 4.47 Å². The highest BCUT2D eigenvalue weighted by atomic mass is 79.9. The van der Waals surface area contributed by atoms with Gasteiger partial charge >= 0.3 is 5.97 Å². The molecule has 0 amide bonds. The Morgan fingerprint density at radius 2 is 2.33 bits per heavy atom. The second-order valence-electron chi connectivity index (χ2n) is 2.68. The lowest BCUT2D eigenvalue weighted by atomic mass is 10.1. The number of nitriles is 1. The topological polar surface area (TPSA) is 70.3 Å². The predicted molar refractivity (Wildman–Crippen MR) is 56.5 cm³/mol. The summed E-state index contributed by atoms with van der Waals surface area (Å²) < 4.78 is 5.10. The van der Waals surface area contributed by atoms with Crippen LogP contribution in [0.5, 0.6) is 5.75 Å². The molecule has 1 rings (SSSR count). The van der Waals surface area contributed by atoms with E-state index in [9.17, 15) is 9.90 Å². The van der Waals surface area contributed by atoms with Gasteiger partial charge in [-0.2, -0.15) is 5.26 Å². The van der Waals surface area contributed by atoms with E-state index in [0.29, 0.717) is 4.47 Å².